The highest BCUT2D eigenvalue weighted by atomic mass is 19.1. The molecule has 0 saturated heterocycles. The van der Waals surface area contributed by atoms with Gasteiger partial charge in [-0.2, -0.15) is 0 Å². The summed E-state index contributed by atoms with van der Waals surface area (Å²) >= 11 is 0. The van der Waals surface area contributed by atoms with Crippen LogP contribution in [-0.4, -0.2) is 11.1 Å². The van der Waals surface area contributed by atoms with Crippen molar-refractivity contribution in [2.45, 2.75) is 19.3 Å². The Hall–Kier alpha value is -2.41. The fourth-order valence-corrected chi connectivity index (χ4v) is 2.41. The first kappa shape index (κ1) is 13.6. The van der Waals surface area contributed by atoms with Crippen LogP contribution in [0.25, 0.3) is 16.6 Å². The summed E-state index contributed by atoms with van der Waals surface area (Å²) in [5.41, 5.74) is 4.54. The van der Waals surface area contributed by atoms with Crippen molar-refractivity contribution < 1.29 is 13.3 Å². The standard InChI is InChI=1S/C14H13FN2O4/c15-8-4-5-11-10(7-8)9(3-1-2-6-16)12-17(11)21-14(19)13(18)20-12/h4-5,7H,1-3,6,16H2. The number of benzene rings is 1. The number of halogens is 1. The average Bonchev–Trinajstić information content (AvgIpc) is 2.73. The Morgan fingerprint density at radius 3 is 2.76 bits per heavy atom. The van der Waals surface area contributed by atoms with E-state index in [-0.39, 0.29) is 5.71 Å². The van der Waals surface area contributed by atoms with E-state index >= 15 is 0 Å². The lowest BCUT2D eigenvalue weighted by Gasteiger charge is -1.98. The summed E-state index contributed by atoms with van der Waals surface area (Å²) in [5.74, 6) is -0.414. The molecule has 7 heteroatoms. The molecule has 2 heterocycles. The van der Waals surface area contributed by atoms with Gasteiger partial charge in [0.05, 0.1) is 5.52 Å². The first-order valence-corrected chi connectivity index (χ1v) is 6.59. The van der Waals surface area contributed by atoms with Crippen molar-refractivity contribution in [1.82, 2.24) is 4.57 Å². The van der Waals surface area contributed by atoms with Gasteiger partial charge in [-0.15, -0.1) is 4.57 Å². The Kier molecular flexibility index (Phi) is 3.34. The third kappa shape index (κ3) is 2.25. The van der Waals surface area contributed by atoms with E-state index in [1.165, 1.54) is 18.2 Å². The first-order valence-electron chi connectivity index (χ1n) is 6.59. The van der Waals surface area contributed by atoms with E-state index in [1.54, 1.807) is 0 Å². The molecule has 0 spiro atoms. The first-order chi connectivity index (χ1) is 10.1. The summed E-state index contributed by atoms with van der Waals surface area (Å²) in [5, 5.41) is 0.560. The monoisotopic (exact) mass is 292 g/mol. The fraction of sp³-hybridized carbons (Fsp3) is 0.286. The van der Waals surface area contributed by atoms with E-state index in [1.807, 2.05) is 0 Å². The molecule has 21 heavy (non-hydrogen) atoms. The van der Waals surface area contributed by atoms with Crippen LogP contribution in [0.2, 0.25) is 0 Å². The molecule has 0 saturated carbocycles. The third-order valence-corrected chi connectivity index (χ3v) is 3.36. The summed E-state index contributed by atoms with van der Waals surface area (Å²) in [7, 11) is 0. The molecular weight excluding hydrogens is 279 g/mol. The minimum Gasteiger partial charge on any atom is -0.397 e. The van der Waals surface area contributed by atoms with E-state index in [2.05, 4.69) is 0 Å². The molecular formula is C14H13FN2O4. The number of nitrogens with two attached hydrogens (primary N) is 1. The lowest BCUT2D eigenvalue weighted by atomic mass is 10.1. The largest absolute Gasteiger partial charge is 0.442 e. The molecule has 0 aliphatic rings. The van der Waals surface area contributed by atoms with Gasteiger partial charge in [0.25, 0.3) is 0 Å². The Balaban J connectivity index is 2.33. The van der Waals surface area contributed by atoms with E-state index < -0.39 is 17.1 Å². The molecule has 0 amide bonds. The molecule has 110 valence electrons. The van der Waals surface area contributed by atoms with Crippen LogP contribution in [0.3, 0.4) is 0 Å². The topological polar surface area (TPSA) is 90.9 Å². The maximum Gasteiger partial charge on any atom is 0.442 e. The van der Waals surface area contributed by atoms with Crippen molar-refractivity contribution in [1.29, 1.82) is 0 Å². The molecule has 2 aromatic heterocycles. The number of aromatic nitrogens is 1. The normalized spacial score (nSPS) is 11.5. The molecule has 0 aliphatic carbocycles. The number of aryl methyl sites for hydroxylation is 1. The summed E-state index contributed by atoms with van der Waals surface area (Å²) in [6, 6.07) is 4.07. The highest BCUT2D eigenvalue weighted by Gasteiger charge is 2.17. The quantitative estimate of drug-likeness (QED) is 0.580. The Labute approximate surface area is 117 Å². The number of rotatable bonds is 4. The molecule has 3 rings (SSSR count). The Bertz CT molecular complexity index is 922. The lowest BCUT2D eigenvalue weighted by Crippen LogP contribution is -2.23. The van der Waals surface area contributed by atoms with Crippen molar-refractivity contribution in [3.63, 3.8) is 0 Å². The van der Waals surface area contributed by atoms with Crippen LogP contribution >= 0.6 is 0 Å². The van der Waals surface area contributed by atoms with E-state index in [0.29, 0.717) is 29.4 Å². The number of fused-ring (bicyclic) bond motifs is 3. The minimum atomic E-state index is -1.10. The highest BCUT2D eigenvalue weighted by Crippen LogP contribution is 2.27. The zero-order valence-corrected chi connectivity index (χ0v) is 11.1. The molecule has 0 radical (unpaired) electrons. The summed E-state index contributed by atoms with van der Waals surface area (Å²) in [6.07, 6.45) is 2.09. The lowest BCUT2D eigenvalue weighted by molar-refractivity contribution is 0.286. The van der Waals surface area contributed by atoms with Crippen LogP contribution in [0.15, 0.2) is 36.7 Å². The van der Waals surface area contributed by atoms with Crippen molar-refractivity contribution >= 4 is 16.6 Å². The van der Waals surface area contributed by atoms with Gasteiger partial charge in [0.2, 0.25) is 5.71 Å². The second-order valence-electron chi connectivity index (χ2n) is 4.75. The third-order valence-electron chi connectivity index (χ3n) is 3.36. The van der Waals surface area contributed by atoms with Gasteiger partial charge in [-0.25, -0.2) is 14.0 Å². The molecule has 0 fully saturated rings. The Morgan fingerprint density at radius 1 is 1.19 bits per heavy atom. The van der Waals surface area contributed by atoms with Crippen LogP contribution in [0.5, 0.6) is 0 Å². The van der Waals surface area contributed by atoms with Gasteiger partial charge < -0.3 is 14.7 Å². The Morgan fingerprint density at radius 2 is 2.00 bits per heavy atom. The number of hydrogen-bond donors (Lipinski definition) is 1. The van der Waals surface area contributed by atoms with Gasteiger partial charge in [-0.1, -0.05) is 0 Å². The second-order valence-corrected chi connectivity index (χ2v) is 4.75. The maximum atomic E-state index is 13.5. The molecule has 0 atom stereocenters. The maximum absolute atomic E-state index is 13.5. The van der Waals surface area contributed by atoms with E-state index in [9.17, 15) is 14.0 Å². The molecule has 3 aromatic rings. The van der Waals surface area contributed by atoms with Crippen LogP contribution in [-0.2, 0) is 6.42 Å². The molecule has 1 aromatic carbocycles. The molecule has 0 bridgehead atoms. The average molecular weight is 292 g/mol. The van der Waals surface area contributed by atoms with E-state index in [0.717, 1.165) is 17.4 Å². The van der Waals surface area contributed by atoms with Crippen molar-refractivity contribution in [2.75, 3.05) is 6.54 Å². The van der Waals surface area contributed by atoms with Crippen LogP contribution < -0.4 is 17.0 Å². The minimum absolute atomic E-state index is 0.136. The predicted octanol–water partition coefficient (Wildman–Crippen LogP) is 1.42. The summed E-state index contributed by atoms with van der Waals surface area (Å²) in [6.45, 7) is 0.539. The molecule has 2 N–H and O–H groups in total. The fourth-order valence-electron chi connectivity index (χ4n) is 2.41. The van der Waals surface area contributed by atoms with Gasteiger partial charge in [-0.05, 0) is 44.0 Å². The number of hydrogen-bond acceptors (Lipinski definition) is 5. The molecule has 0 unspecified atom stereocenters. The summed E-state index contributed by atoms with van der Waals surface area (Å²) in [4.78, 5) is 22.7. The van der Waals surface area contributed by atoms with Crippen LogP contribution in [0, 0.1) is 5.82 Å². The second kappa shape index (κ2) is 5.17. The molecule has 0 aliphatic heterocycles. The van der Waals surface area contributed by atoms with Crippen molar-refractivity contribution in [2.24, 2.45) is 5.73 Å². The predicted molar refractivity (Wildman–Crippen MR) is 73.9 cm³/mol. The number of unbranched alkanes of at least 4 members (excludes halogenated alkanes) is 1. The summed E-state index contributed by atoms with van der Waals surface area (Å²) < 4.78 is 24.6. The van der Waals surface area contributed by atoms with Crippen molar-refractivity contribution in [3.8, 4) is 0 Å². The van der Waals surface area contributed by atoms with Gasteiger partial charge in [-0.3, -0.25) is 0 Å². The highest BCUT2D eigenvalue weighted by molar-refractivity contribution is 5.89. The van der Waals surface area contributed by atoms with Crippen LogP contribution in [0.4, 0.5) is 4.39 Å². The number of nitrogens with zero attached hydrogens (tertiary/aromatic N) is 1. The van der Waals surface area contributed by atoms with Crippen LogP contribution in [0.1, 0.15) is 18.4 Å². The van der Waals surface area contributed by atoms with Crippen molar-refractivity contribution in [3.05, 3.63) is 50.4 Å². The smallest absolute Gasteiger partial charge is 0.397 e. The molecule has 6 nitrogen and oxygen atoms in total. The van der Waals surface area contributed by atoms with E-state index in [4.69, 9.17) is 14.7 Å². The van der Waals surface area contributed by atoms with Gasteiger partial charge in [0, 0.05) is 10.9 Å². The van der Waals surface area contributed by atoms with Gasteiger partial charge >= 0.3 is 11.3 Å². The SMILES string of the molecule is NCCCCc1c2cc(F)ccc2n2oc(=O)c(=O)oc12. The van der Waals surface area contributed by atoms with Gasteiger partial charge in [0.1, 0.15) is 5.82 Å². The zero-order valence-electron chi connectivity index (χ0n) is 11.1. The van der Waals surface area contributed by atoms with Gasteiger partial charge in [0.15, 0.2) is 0 Å². The zero-order chi connectivity index (χ0) is 15.0.